The first-order valence-corrected chi connectivity index (χ1v) is 8.77. The number of halogens is 1. The number of hydrogen-bond acceptors (Lipinski definition) is 4. The normalized spacial score (nSPS) is 10.9. The topological polar surface area (TPSA) is 48.7 Å². The molecular weight excluding hydrogens is 364 g/mol. The number of aryl methyl sites for hydroxylation is 1. The molecule has 0 spiro atoms. The van der Waals surface area contributed by atoms with E-state index in [1.165, 1.54) is 6.08 Å². The van der Waals surface area contributed by atoms with Crippen LogP contribution in [-0.2, 0) is 6.61 Å². The van der Waals surface area contributed by atoms with Crippen LogP contribution >= 0.6 is 11.6 Å². The smallest absolute Gasteiger partial charge is 0.185 e. The van der Waals surface area contributed by atoms with Crippen LogP contribution in [0.4, 0.5) is 0 Å². The molecule has 2 aromatic carbocycles. The lowest BCUT2D eigenvalue weighted by Gasteiger charge is -2.05. The van der Waals surface area contributed by atoms with Gasteiger partial charge in [-0.25, -0.2) is 0 Å². The van der Waals surface area contributed by atoms with Gasteiger partial charge in [-0.1, -0.05) is 11.6 Å². The van der Waals surface area contributed by atoms with Gasteiger partial charge < -0.3 is 13.9 Å². The van der Waals surface area contributed by atoms with Gasteiger partial charge in [0.25, 0.3) is 0 Å². The molecule has 0 bridgehead atoms. The van der Waals surface area contributed by atoms with Crippen LogP contribution in [0.1, 0.15) is 27.4 Å². The molecule has 3 rings (SSSR count). The van der Waals surface area contributed by atoms with Crippen molar-refractivity contribution in [3.63, 3.8) is 0 Å². The van der Waals surface area contributed by atoms with Gasteiger partial charge in [0.2, 0.25) is 0 Å². The Morgan fingerprint density at radius 3 is 2.52 bits per heavy atom. The lowest BCUT2D eigenvalue weighted by atomic mass is 10.1. The lowest BCUT2D eigenvalue weighted by molar-refractivity contribution is 0.104. The summed E-state index contributed by atoms with van der Waals surface area (Å²) in [5.74, 6) is 2.58. The number of methoxy groups -OCH3 is 1. The number of hydrogen-bond donors (Lipinski definition) is 0. The summed E-state index contributed by atoms with van der Waals surface area (Å²) in [4.78, 5) is 12.2. The minimum absolute atomic E-state index is 0.108. The molecule has 0 fully saturated rings. The summed E-state index contributed by atoms with van der Waals surface area (Å²) in [5.41, 5.74) is 1.54. The number of ether oxygens (including phenoxy) is 2. The average molecular weight is 383 g/mol. The highest BCUT2D eigenvalue weighted by atomic mass is 35.5. The number of rotatable bonds is 7. The van der Waals surface area contributed by atoms with Gasteiger partial charge in [-0.15, -0.1) is 0 Å². The van der Waals surface area contributed by atoms with Crippen LogP contribution in [0.15, 0.2) is 65.1 Å². The molecular formula is C22H19ClO4. The maximum absolute atomic E-state index is 12.2. The van der Waals surface area contributed by atoms with Gasteiger partial charge in [0.15, 0.2) is 5.78 Å². The first-order valence-electron chi connectivity index (χ1n) is 8.39. The first-order chi connectivity index (χ1) is 13.0. The summed E-state index contributed by atoms with van der Waals surface area (Å²) in [7, 11) is 1.59. The van der Waals surface area contributed by atoms with Crippen molar-refractivity contribution in [2.24, 2.45) is 0 Å². The summed E-state index contributed by atoms with van der Waals surface area (Å²) in [6.45, 7) is 2.21. The van der Waals surface area contributed by atoms with Crippen LogP contribution in [0.25, 0.3) is 6.08 Å². The average Bonchev–Trinajstić information content (AvgIpc) is 3.15. The molecule has 0 amide bonds. The van der Waals surface area contributed by atoms with Crippen LogP contribution in [-0.4, -0.2) is 12.9 Å². The molecule has 0 aliphatic rings. The zero-order valence-corrected chi connectivity index (χ0v) is 15.8. The molecule has 0 atom stereocenters. The molecule has 0 aliphatic heterocycles. The Kier molecular flexibility index (Phi) is 5.99. The second-order valence-corrected chi connectivity index (χ2v) is 6.34. The SMILES string of the molecule is COc1ccc(C(=O)/C=C/c2ccc(COc3ccc(Cl)c(C)c3)o2)cc1. The van der Waals surface area contributed by atoms with Crippen LogP contribution in [0.5, 0.6) is 11.5 Å². The highest BCUT2D eigenvalue weighted by molar-refractivity contribution is 6.31. The second kappa shape index (κ2) is 8.60. The number of carbonyl (C=O) groups is 1. The maximum Gasteiger partial charge on any atom is 0.185 e. The molecule has 5 heteroatoms. The van der Waals surface area contributed by atoms with E-state index in [-0.39, 0.29) is 5.78 Å². The molecule has 0 radical (unpaired) electrons. The van der Waals surface area contributed by atoms with Crippen molar-refractivity contribution < 1.29 is 18.7 Å². The van der Waals surface area contributed by atoms with Crippen molar-refractivity contribution in [2.75, 3.05) is 7.11 Å². The summed E-state index contributed by atoms with van der Waals surface area (Å²) >= 11 is 6.01. The van der Waals surface area contributed by atoms with Crippen molar-refractivity contribution >= 4 is 23.5 Å². The van der Waals surface area contributed by atoms with E-state index in [2.05, 4.69) is 0 Å². The Bertz CT molecular complexity index is 955. The third-order valence-corrected chi connectivity index (χ3v) is 4.39. The fraction of sp³-hybridized carbons (Fsp3) is 0.136. The van der Waals surface area contributed by atoms with Crippen molar-refractivity contribution in [1.29, 1.82) is 0 Å². The van der Waals surface area contributed by atoms with Gasteiger partial charge in [-0.05, 0) is 79.2 Å². The quantitative estimate of drug-likeness (QED) is 0.387. The van der Waals surface area contributed by atoms with Crippen LogP contribution < -0.4 is 9.47 Å². The minimum Gasteiger partial charge on any atom is -0.497 e. The van der Waals surface area contributed by atoms with E-state index >= 15 is 0 Å². The first kappa shape index (κ1) is 18.8. The number of benzene rings is 2. The van der Waals surface area contributed by atoms with Gasteiger partial charge >= 0.3 is 0 Å². The molecule has 1 heterocycles. The number of allylic oxidation sites excluding steroid dienone is 1. The Morgan fingerprint density at radius 1 is 1.07 bits per heavy atom. The van der Waals surface area contributed by atoms with E-state index in [0.717, 1.165) is 11.3 Å². The number of ketones is 1. The highest BCUT2D eigenvalue weighted by Gasteiger charge is 2.05. The van der Waals surface area contributed by atoms with Crippen molar-refractivity contribution in [3.05, 3.63) is 88.3 Å². The fourth-order valence-electron chi connectivity index (χ4n) is 2.43. The molecule has 0 N–H and O–H groups in total. The Morgan fingerprint density at radius 2 is 1.81 bits per heavy atom. The molecule has 0 saturated carbocycles. The Hall–Kier alpha value is -2.98. The van der Waals surface area contributed by atoms with Crippen molar-refractivity contribution in [2.45, 2.75) is 13.5 Å². The van der Waals surface area contributed by atoms with Gasteiger partial charge in [-0.3, -0.25) is 4.79 Å². The van der Waals surface area contributed by atoms with E-state index in [0.29, 0.717) is 34.5 Å². The molecule has 0 saturated heterocycles. The number of carbonyl (C=O) groups excluding carboxylic acids is 1. The largest absolute Gasteiger partial charge is 0.497 e. The van der Waals surface area contributed by atoms with Crippen LogP contribution in [0.2, 0.25) is 5.02 Å². The lowest BCUT2D eigenvalue weighted by Crippen LogP contribution is -1.94. The molecule has 138 valence electrons. The predicted octanol–water partition coefficient (Wildman–Crippen LogP) is 5.73. The van der Waals surface area contributed by atoms with Crippen molar-refractivity contribution in [3.8, 4) is 11.5 Å². The summed E-state index contributed by atoms with van der Waals surface area (Å²) in [6, 6.07) is 16.1. The van der Waals surface area contributed by atoms with Crippen LogP contribution in [0.3, 0.4) is 0 Å². The van der Waals surface area contributed by atoms with E-state index in [9.17, 15) is 4.79 Å². The molecule has 0 aliphatic carbocycles. The van der Waals surface area contributed by atoms with Gasteiger partial charge in [0, 0.05) is 10.6 Å². The third-order valence-electron chi connectivity index (χ3n) is 3.97. The summed E-state index contributed by atoms with van der Waals surface area (Å²) in [6.07, 6.45) is 3.12. The van der Waals surface area contributed by atoms with E-state index in [4.69, 9.17) is 25.5 Å². The van der Waals surface area contributed by atoms with Gasteiger partial charge in [0.1, 0.15) is 29.6 Å². The van der Waals surface area contributed by atoms with Crippen molar-refractivity contribution in [1.82, 2.24) is 0 Å². The van der Waals surface area contributed by atoms with E-state index in [1.807, 2.05) is 25.1 Å². The highest BCUT2D eigenvalue weighted by Crippen LogP contribution is 2.22. The Balaban J connectivity index is 1.58. The zero-order chi connectivity index (χ0) is 19.2. The monoisotopic (exact) mass is 382 g/mol. The third kappa shape index (κ3) is 5.02. The zero-order valence-electron chi connectivity index (χ0n) is 15.1. The van der Waals surface area contributed by atoms with Gasteiger partial charge in [-0.2, -0.15) is 0 Å². The predicted molar refractivity (Wildman–Crippen MR) is 106 cm³/mol. The molecule has 0 unspecified atom stereocenters. The van der Waals surface area contributed by atoms with Crippen LogP contribution in [0, 0.1) is 6.92 Å². The summed E-state index contributed by atoms with van der Waals surface area (Å²) in [5, 5.41) is 0.703. The Labute approximate surface area is 163 Å². The number of furan rings is 1. The molecule has 4 nitrogen and oxygen atoms in total. The molecule has 3 aromatic rings. The maximum atomic E-state index is 12.2. The van der Waals surface area contributed by atoms with E-state index < -0.39 is 0 Å². The molecule has 1 aromatic heterocycles. The standard InChI is InChI=1S/C22H19ClO4/c1-15-13-19(9-11-21(15)23)26-14-20-8-7-18(27-20)10-12-22(24)16-3-5-17(25-2)6-4-16/h3-13H,14H2,1-2H3/b12-10+. The summed E-state index contributed by atoms with van der Waals surface area (Å²) < 4.78 is 16.5. The second-order valence-electron chi connectivity index (χ2n) is 5.93. The van der Waals surface area contributed by atoms with Gasteiger partial charge in [0.05, 0.1) is 7.11 Å². The fourth-order valence-corrected chi connectivity index (χ4v) is 2.55. The minimum atomic E-state index is -0.108. The van der Waals surface area contributed by atoms with E-state index in [1.54, 1.807) is 49.6 Å². The molecule has 27 heavy (non-hydrogen) atoms.